The number of carbonyl (C=O) groups is 1. The lowest BCUT2D eigenvalue weighted by Crippen LogP contribution is -2.54. The number of amides is 1. The van der Waals surface area contributed by atoms with Crippen molar-refractivity contribution < 1.29 is 32.6 Å². The number of hydrogen-bond donors (Lipinski definition) is 2. The summed E-state index contributed by atoms with van der Waals surface area (Å²) in [5.41, 5.74) is 2.50. The van der Waals surface area contributed by atoms with E-state index in [0.717, 1.165) is 5.56 Å². The fourth-order valence-corrected chi connectivity index (χ4v) is 5.33. The Kier molecular flexibility index (Phi) is 7.97. The first-order chi connectivity index (χ1) is 15.0. The number of pyridine rings is 1. The van der Waals surface area contributed by atoms with Crippen LogP contribution in [0.1, 0.15) is 24.8 Å². The molecule has 2 heterocycles. The van der Waals surface area contributed by atoms with Crippen LogP contribution in [-0.4, -0.2) is 55.7 Å². The second-order valence-electron chi connectivity index (χ2n) is 7.14. The van der Waals surface area contributed by atoms with Gasteiger partial charge in [-0.2, -0.15) is 0 Å². The Bertz CT molecular complexity index is 943. The van der Waals surface area contributed by atoms with Crippen LogP contribution >= 0.6 is 0 Å². The third-order valence-electron chi connectivity index (χ3n) is 5.16. The normalized spacial score (nSPS) is 15.9. The van der Waals surface area contributed by atoms with Crippen LogP contribution in [0.5, 0.6) is 5.75 Å². The molecule has 1 saturated heterocycles. The topological polar surface area (TPSA) is 124 Å². The molecule has 2 N–H and O–H groups in total. The Morgan fingerprint density at radius 3 is 2.55 bits per heavy atom. The Morgan fingerprint density at radius 1 is 1.16 bits per heavy atom. The molecule has 1 amide bonds. The summed E-state index contributed by atoms with van der Waals surface area (Å²) in [6.45, 7) is 1.65. The molecule has 0 spiro atoms. The van der Waals surface area contributed by atoms with Crippen LogP contribution in [0, 0.1) is 0 Å². The van der Waals surface area contributed by atoms with Gasteiger partial charge in [0.15, 0.2) is 14.6 Å². The van der Waals surface area contributed by atoms with Crippen LogP contribution < -0.4 is 10.2 Å². The standard InChI is InChI=1S/C21H26N2O7S/c24-20(23-25)21(8-13-28-14-9-21)31(26,27)19-6-4-18(5-7-19)30-12-2-11-29-16-17-3-1-10-22-15-17/h1,3-7,10,15,25H,2,8-9,11-14,16H2,(H,23,24). The summed E-state index contributed by atoms with van der Waals surface area (Å²) in [7, 11) is -4.04. The lowest BCUT2D eigenvalue weighted by atomic mass is 9.98. The molecule has 0 saturated carbocycles. The zero-order valence-electron chi connectivity index (χ0n) is 17.0. The van der Waals surface area contributed by atoms with Crippen LogP contribution in [0.2, 0.25) is 0 Å². The van der Waals surface area contributed by atoms with Crippen molar-refractivity contribution in [1.29, 1.82) is 0 Å². The Labute approximate surface area is 181 Å². The van der Waals surface area contributed by atoms with Gasteiger partial charge in [-0.1, -0.05) is 6.07 Å². The van der Waals surface area contributed by atoms with Gasteiger partial charge < -0.3 is 14.2 Å². The molecule has 1 aliphatic rings. The van der Waals surface area contributed by atoms with Crippen molar-refractivity contribution in [2.75, 3.05) is 26.4 Å². The molecule has 31 heavy (non-hydrogen) atoms. The van der Waals surface area contributed by atoms with E-state index in [-0.39, 0.29) is 31.0 Å². The molecule has 10 heteroatoms. The van der Waals surface area contributed by atoms with Crippen LogP contribution in [0.4, 0.5) is 0 Å². The van der Waals surface area contributed by atoms with Gasteiger partial charge in [-0.05, 0) is 48.7 Å². The Hall–Kier alpha value is -2.53. The number of sulfone groups is 1. The number of ether oxygens (including phenoxy) is 3. The maximum atomic E-state index is 13.2. The summed E-state index contributed by atoms with van der Waals surface area (Å²) < 4.78 is 41.0. The number of hydrogen-bond acceptors (Lipinski definition) is 8. The molecule has 0 bridgehead atoms. The van der Waals surface area contributed by atoms with E-state index in [0.29, 0.717) is 32.0 Å². The molecule has 2 aromatic rings. The van der Waals surface area contributed by atoms with Crippen molar-refractivity contribution in [3.05, 3.63) is 54.4 Å². The van der Waals surface area contributed by atoms with E-state index in [1.54, 1.807) is 24.5 Å². The average Bonchev–Trinajstić information content (AvgIpc) is 2.82. The van der Waals surface area contributed by atoms with Gasteiger partial charge in [0.25, 0.3) is 5.91 Å². The number of nitrogens with one attached hydrogen (secondary N) is 1. The van der Waals surface area contributed by atoms with Gasteiger partial charge >= 0.3 is 0 Å². The monoisotopic (exact) mass is 450 g/mol. The quantitative estimate of drug-likeness (QED) is 0.320. The molecule has 9 nitrogen and oxygen atoms in total. The minimum atomic E-state index is -4.04. The smallest absolute Gasteiger partial charge is 0.265 e. The van der Waals surface area contributed by atoms with Crippen LogP contribution in [-0.2, 0) is 30.7 Å². The van der Waals surface area contributed by atoms with E-state index in [1.807, 2.05) is 12.1 Å². The fraction of sp³-hybridized carbons (Fsp3) is 0.429. The van der Waals surface area contributed by atoms with Crippen molar-refractivity contribution in [2.45, 2.75) is 35.5 Å². The zero-order chi connectivity index (χ0) is 22.2. The first kappa shape index (κ1) is 23.1. The van der Waals surface area contributed by atoms with E-state index < -0.39 is 20.5 Å². The summed E-state index contributed by atoms with van der Waals surface area (Å²) >= 11 is 0. The summed E-state index contributed by atoms with van der Waals surface area (Å²) in [6, 6.07) is 9.71. The Balaban J connectivity index is 1.53. The third kappa shape index (κ3) is 5.40. The van der Waals surface area contributed by atoms with Crippen LogP contribution in [0.25, 0.3) is 0 Å². The molecule has 1 aliphatic heterocycles. The van der Waals surface area contributed by atoms with Crippen molar-refractivity contribution >= 4 is 15.7 Å². The summed E-state index contributed by atoms with van der Waals surface area (Å²) in [5.74, 6) is -0.429. The van der Waals surface area contributed by atoms with E-state index in [9.17, 15) is 13.2 Å². The minimum absolute atomic E-state index is 0.00912. The predicted molar refractivity (Wildman–Crippen MR) is 110 cm³/mol. The number of carbonyl (C=O) groups excluding carboxylic acids is 1. The van der Waals surface area contributed by atoms with Crippen molar-refractivity contribution in [3.8, 4) is 5.75 Å². The van der Waals surface area contributed by atoms with Crippen molar-refractivity contribution in [3.63, 3.8) is 0 Å². The summed E-state index contributed by atoms with van der Waals surface area (Å²) in [5, 5.41) is 9.09. The first-order valence-electron chi connectivity index (χ1n) is 9.96. The van der Waals surface area contributed by atoms with Gasteiger partial charge in [-0.15, -0.1) is 0 Å². The molecule has 1 aromatic carbocycles. The fourth-order valence-electron chi connectivity index (χ4n) is 3.39. The van der Waals surface area contributed by atoms with Crippen molar-refractivity contribution in [2.24, 2.45) is 0 Å². The molecule has 0 radical (unpaired) electrons. The van der Waals surface area contributed by atoms with Gasteiger partial charge in [0.05, 0.1) is 24.7 Å². The first-order valence-corrected chi connectivity index (χ1v) is 11.4. The van der Waals surface area contributed by atoms with Gasteiger partial charge in [-0.25, -0.2) is 13.9 Å². The maximum Gasteiger partial charge on any atom is 0.265 e. The molecular weight excluding hydrogens is 424 g/mol. The third-order valence-corrected chi connectivity index (χ3v) is 7.67. The second kappa shape index (κ2) is 10.7. The molecule has 0 unspecified atom stereocenters. The second-order valence-corrected chi connectivity index (χ2v) is 9.40. The van der Waals surface area contributed by atoms with Crippen LogP contribution in [0.15, 0.2) is 53.7 Å². The minimum Gasteiger partial charge on any atom is -0.494 e. The molecule has 168 valence electrons. The number of aromatic nitrogens is 1. The van der Waals surface area contributed by atoms with Gasteiger partial charge in [-0.3, -0.25) is 15.0 Å². The molecule has 1 aromatic heterocycles. The van der Waals surface area contributed by atoms with Crippen LogP contribution in [0.3, 0.4) is 0 Å². The molecule has 3 rings (SSSR count). The zero-order valence-corrected chi connectivity index (χ0v) is 17.8. The molecule has 0 aliphatic carbocycles. The van der Waals surface area contributed by atoms with E-state index in [1.165, 1.54) is 17.6 Å². The number of hydroxylamine groups is 1. The maximum absolute atomic E-state index is 13.2. The Morgan fingerprint density at radius 2 is 1.90 bits per heavy atom. The lowest BCUT2D eigenvalue weighted by Gasteiger charge is -2.34. The van der Waals surface area contributed by atoms with E-state index >= 15 is 0 Å². The van der Waals surface area contributed by atoms with E-state index in [2.05, 4.69) is 4.98 Å². The number of rotatable bonds is 10. The number of nitrogens with zero attached hydrogens (tertiary/aromatic N) is 1. The van der Waals surface area contributed by atoms with Gasteiger partial charge in [0.2, 0.25) is 0 Å². The molecule has 0 atom stereocenters. The van der Waals surface area contributed by atoms with Gasteiger partial charge in [0.1, 0.15) is 5.75 Å². The van der Waals surface area contributed by atoms with Gasteiger partial charge in [0, 0.05) is 32.0 Å². The highest BCUT2D eigenvalue weighted by Crippen LogP contribution is 2.35. The molecular formula is C21H26N2O7S. The summed E-state index contributed by atoms with van der Waals surface area (Å²) in [4.78, 5) is 16.3. The predicted octanol–water partition coefficient (Wildman–Crippen LogP) is 1.90. The highest BCUT2D eigenvalue weighted by atomic mass is 32.2. The SMILES string of the molecule is O=C(NO)C1(S(=O)(=O)c2ccc(OCCCOCc3cccnc3)cc2)CCOCC1. The van der Waals surface area contributed by atoms with Crippen molar-refractivity contribution in [1.82, 2.24) is 10.5 Å². The molecule has 1 fully saturated rings. The average molecular weight is 451 g/mol. The summed E-state index contributed by atoms with van der Waals surface area (Å²) in [6.07, 6.45) is 4.07. The largest absolute Gasteiger partial charge is 0.494 e. The van der Waals surface area contributed by atoms with E-state index in [4.69, 9.17) is 19.4 Å². The highest BCUT2D eigenvalue weighted by Gasteiger charge is 2.52. The lowest BCUT2D eigenvalue weighted by molar-refractivity contribution is -0.134. The highest BCUT2D eigenvalue weighted by molar-refractivity contribution is 7.93. The number of benzene rings is 1.